The van der Waals surface area contributed by atoms with Crippen molar-refractivity contribution in [3.05, 3.63) is 63.6 Å². The largest absolute Gasteiger partial charge is 0.325 e. The number of rotatable bonds is 3. The topological polar surface area (TPSA) is 78.5 Å². The van der Waals surface area contributed by atoms with E-state index in [1.54, 1.807) is 12.1 Å². The van der Waals surface area contributed by atoms with Gasteiger partial charge in [-0.15, -0.1) is 0 Å². The average molecular weight is 404 g/mol. The first-order chi connectivity index (χ1) is 12.9. The van der Waals surface area contributed by atoms with Crippen LogP contribution in [0.25, 0.3) is 0 Å². The lowest BCUT2D eigenvalue weighted by atomic mass is 9.92. The molecule has 0 radical (unpaired) electrons. The summed E-state index contributed by atoms with van der Waals surface area (Å²) in [6, 6.07) is 11.6. The molecule has 1 saturated heterocycles. The maximum absolute atomic E-state index is 13.0. The molecule has 138 valence electrons. The molecule has 2 aliphatic rings. The van der Waals surface area contributed by atoms with Crippen molar-refractivity contribution in [3.8, 4) is 0 Å². The van der Waals surface area contributed by atoms with E-state index in [0.29, 0.717) is 23.6 Å². The fourth-order valence-electron chi connectivity index (χ4n) is 3.66. The van der Waals surface area contributed by atoms with Gasteiger partial charge in [-0.3, -0.25) is 14.5 Å². The first kappa shape index (κ1) is 17.8. The second-order valence-electron chi connectivity index (χ2n) is 6.56. The fourth-order valence-corrected chi connectivity index (χ4v) is 4.11. The van der Waals surface area contributed by atoms with Gasteiger partial charge in [0.05, 0.1) is 10.7 Å². The van der Waals surface area contributed by atoms with E-state index >= 15 is 0 Å². The molecule has 1 spiro atoms. The van der Waals surface area contributed by atoms with Crippen molar-refractivity contribution < 1.29 is 14.4 Å². The van der Waals surface area contributed by atoms with Crippen LogP contribution in [0.3, 0.4) is 0 Å². The summed E-state index contributed by atoms with van der Waals surface area (Å²) in [4.78, 5) is 38.8. The smallest absolute Gasteiger partial charge is 0.323 e. The van der Waals surface area contributed by atoms with Gasteiger partial charge in [0, 0.05) is 5.02 Å². The lowest BCUT2D eigenvalue weighted by Gasteiger charge is -2.22. The number of anilines is 1. The third-order valence-electron chi connectivity index (χ3n) is 4.93. The summed E-state index contributed by atoms with van der Waals surface area (Å²) in [5.41, 5.74) is 1.11. The minimum atomic E-state index is -1.08. The fraction of sp³-hybridized carbons (Fsp3) is 0.211. The molecule has 27 heavy (non-hydrogen) atoms. The summed E-state index contributed by atoms with van der Waals surface area (Å²) in [6.45, 7) is -0.395. The maximum Gasteiger partial charge on any atom is 0.325 e. The Labute approximate surface area is 165 Å². The Kier molecular flexibility index (Phi) is 4.32. The number of nitrogens with zero attached hydrogens (tertiary/aromatic N) is 1. The molecule has 1 atom stereocenters. The minimum Gasteiger partial charge on any atom is -0.323 e. The number of hydrogen-bond donors (Lipinski definition) is 2. The number of urea groups is 1. The summed E-state index contributed by atoms with van der Waals surface area (Å²) in [5.74, 6) is -0.930. The van der Waals surface area contributed by atoms with Crippen molar-refractivity contribution in [2.24, 2.45) is 0 Å². The molecule has 2 N–H and O–H groups in total. The molecule has 6 nitrogen and oxygen atoms in total. The molecule has 4 amide bonds. The van der Waals surface area contributed by atoms with Gasteiger partial charge in [-0.05, 0) is 42.2 Å². The molecule has 0 saturated carbocycles. The van der Waals surface area contributed by atoms with Crippen molar-refractivity contribution in [2.45, 2.75) is 18.4 Å². The zero-order valence-electron chi connectivity index (χ0n) is 14.1. The van der Waals surface area contributed by atoms with Gasteiger partial charge in [0.1, 0.15) is 12.1 Å². The maximum atomic E-state index is 13.0. The number of carbonyl (C=O) groups is 3. The van der Waals surface area contributed by atoms with Crippen LogP contribution < -0.4 is 10.6 Å². The second kappa shape index (κ2) is 6.55. The number of aryl methyl sites for hydroxylation is 1. The first-order valence-corrected chi connectivity index (χ1v) is 9.14. The molecular formula is C19H15Cl2N3O3. The Hall–Kier alpha value is -2.57. The highest BCUT2D eigenvalue weighted by Gasteiger charge is 2.55. The Bertz CT molecular complexity index is 978. The van der Waals surface area contributed by atoms with Crippen molar-refractivity contribution in [1.82, 2.24) is 10.2 Å². The predicted molar refractivity (Wildman–Crippen MR) is 102 cm³/mol. The van der Waals surface area contributed by atoms with Crippen LogP contribution in [0.5, 0.6) is 0 Å². The number of hydrogen-bond acceptors (Lipinski definition) is 3. The van der Waals surface area contributed by atoms with Gasteiger partial charge in [0.2, 0.25) is 5.91 Å². The van der Waals surface area contributed by atoms with Crippen molar-refractivity contribution in [1.29, 1.82) is 0 Å². The lowest BCUT2D eigenvalue weighted by Crippen LogP contribution is -2.43. The van der Waals surface area contributed by atoms with Gasteiger partial charge in [-0.1, -0.05) is 47.5 Å². The van der Waals surface area contributed by atoms with E-state index in [9.17, 15) is 14.4 Å². The number of carbonyl (C=O) groups excluding carboxylic acids is 3. The number of imide groups is 1. The highest BCUT2D eigenvalue weighted by Crippen LogP contribution is 2.41. The molecule has 1 fully saturated rings. The molecule has 2 aromatic rings. The van der Waals surface area contributed by atoms with Crippen LogP contribution in [-0.4, -0.2) is 29.3 Å². The molecule has 4 rings (SSSR count). The Morgan fingerprint density at radius 3 is 2.74 bits per heavy atom. The number of benzene rings is 2. The quantitative estimate of drug-likeness (QED) is 0.771. The van der Waals surface area contributed by atoms with E-state index in [1.807, 2.05) is 24.3 Å². The number of fused-ring (bicyclic) bond motifs is 2. The number of halogens is 2. The summed E-state index contributed by atoms with van der Waals surface area (Å²) in [7, 11) is 0. The van der Waals surface area contributed by atoms with Crippen LogP contribution in [0.2, 0.25) is 10.0 Å². The number of amides is 4. The zero-order valence-corrected chi connectivity index (χ0v) is 15.6. The third kappa shape index (κ3) is 2.95. The highest BCUT2D eigenvalue weighted by atomic mass is 35.5. The van der Waals surface area contributed by atoms with E-state index in [4.69, 9.17) is 23.2 Å². The summed E-state index contributed by atoms with van der Waals surface area (Å²) in [5, 5.41) is 6.10. The van der Waals surface area contributed by atoms with Crippen LogP contribution in [-0.2, 0) is 21.5 Å². The van der Waals surface area contributed by atoms with E-state index in [0.717, 1.165) is 16.0 Å². The molecule has 1 heterocycles. The van der Waals surface area contributed by atoms with Gasteiger partial charge in [0.25, 0.3) is 5.91 Å². The van der Waals surface area contributed by atoms with E-state index < -0.39 is 29.9 Å². The van der Waals surface area contributed by atoms with E-state index in [1.165, 1.54) is 6.07 Å². The standard InChI is InChI=1S/C19H15Cl2N3O3/c20-12-5-6-15(14(21)9-12)22-16(25)10-24-17(26)19(23-18(24)27)8-7-11-3-1-2-4-13(11)19/h1-6,9H,7-8,10H2,(H,22,25)(H,23,27)/t19-/m0/s1. The zero-order chi connectivity index (χ0) is 19.2. The van der Waals surface area contributed by atoms with Crippen LogP contribution >= 0.6 is 23.2 Å². The molecule has 0 unspecified atom stereocenters. The summed E-state index contributed by atoms with van der Waals surface area (Å²) >= 11 is 11.9. The van der Waals surface area contributed by atoms with Crippen LogP contribution in [0.15, 0.2) is 42.5 Å². The van der Waals surface area contributed by atoms with Crippen LogP contribution in [0.4, 0.5) is 10.5 Å². The SMILES string of the molecule is O=C(CN1C(=O)N[C@]2(CCc3ccccc32)C1=O)Nc1ccc(Cl)cc1Cl. The molecule has 8 heteroatoms. The molecular weight excluding hydrogens is 389 g/mol. The monoisotopic (exact) mass is 403 g/mol. The Morgan fingerprint density at radius 2 is 1.96 bits per heavy atom. The summed E-state index contributed by atoms with van der Waals surface area (Å²) in [6.07, 6.45) is 1.18. The lowest BCUT2D eigenvalue weighted by molar-refractivity contribution is -0.134. The third-order valence-corrected chi connectivity index (χ3v) is 5.48. The molecule has 2 aromatic carbocycles. The van der Waals surface area contributed by atoms with Crippen LogP contribution in [0.1, 0.15) is 17.5 Å². The molecule has 0 bridgehead atoms. The molecule has 1 aliphatic carbocycles. The highest BCUT2D eigenvalue weighted by molar-refractivity contribution is 6.36. The molecule has 0 aromatic heterocycles. The molecule has 1 aliphatic heterocycles. The average Bonchev–Trinajstić information content (AvgIpc) is 3.11. The Balaban J connectivity index is 1.53. The van der Waals surface area contributed by atoms with Gasteiger partial charge >= 0.3 is 6.03 Å². The van der Waals surface area contributed by atoms with Crippen LogP contribution in [0, 0.1) is 0 Å². The summed E-state index contributed by atoms with van der Waals surface area (Å²) < 4.78 is 0. The normalized spacial score (nSPS) is 20.7. The minimum absolute atomic E-state index is 0.272. The van der Waals surface area contributed by atoms with Gasteiger partial charge in [-0.2, -0.15) is 0 Å². The predicted octanol–water partition coefficient (Wildman–Crippen LogP) is 3.33. The Morgan fingerprint density at radius 1 is 1.19 bits per heavy atom. The van der Waals surface area contributed by atoms with Gasteiger partial charge < -0.3 is 10.6 Å². The van der Waals surface area contributed by atoms with E-state index in [2.05, 4.69) is 10.6 Å². The van der Waals surface area contributed by atoms with Crippen molar-refractivity contribution >= 4 is 46.7 Å². The second-order valence-corrected chi connectivity index (χ2v) is 7.40. The van der Waals surface area contributed by atoms with Gasteiger partial charge in [-0.25, -0.2) is 4.79 Å². The number of nitrogens with one attached hydrogen (secondary N) is 2. The first-order valence-electron chi connectivity index (χ1n) is 8.38. The van der Waals surface area contributed by atoms with E-state index in [-0.39, 0.29) is 5.02 Å². The van der Waals surface area contributed by atoms with Gasteiger partial charge in [0.15, 0.2) is 0 Å². The van der Waals surface area contributed by atoms with Crippen molar-refractivity contribution in [2.75, 3.05) is 11.9 Å². The van der Waals surface area contributed by atoms with Crippen molar-refractivity contribution in [3.63, 3.8) is 0 Å².